The van der Waals surface area contributed by atoms with E-state index >= 15 is 0 Å². The Morgan fingerprint density at radius 1 is 1.00 bits per heavy atom. The van der Waals surface area contributed by atoms with Crippen LogP contribution in [0, 0.1) is 0 Å². The monoisotopic (exact) mass is 386 g/mol. The number of halogens is 3. The van der Waals surface area contributed by atoms with E-state index in [4.69, 9.17) is 0 Å². The molecule has 0 spiro atoms. The zero-order chi connectivity index (χ0) is 19.5. The molecule has 1 amide bonds. The van der Waals surface area contributed by atoms with Crippen LogP contribution in [0.2, 0.25) is 0 Å². The van der Waals surface area contributed by atoms with E-state index in [0.717, 1.165) is 24.3 Å². The highest BCUT2D eigenvalue weighted by molar-refractivity contribution is 7.92. The second-order valence-corrected chi connectivity index (χ2v) is 7.48. The summed E-state index contributed by atoms with van der Waals surface area (Å²) in [6.45, 7) is 3.55. The summed E-state index contributed by atoms with van der Waals surface area (Å²) < 4.78 is 65.6. The number of benzene rings is 2. The predicted molar refractivity (Wildman–Crippen MR) is 91.3 cm³/mol. The first kappa shape index (κ1) is 19.8. The zero-order valence-corrected chi connectivity index (χ0v) is 14.8. The quantitative estimate of drug-likeness (QED) is 0.824. The smallest absolute Gasteiger partial charge is 0.350 e. The van der Waals surface area contributed by atoms with Gasteiger partial charge in [-0.15, -0.1) is 0 Å². The predicted octanol–water partition coefficient (Wildman–Crippen LogP) is 3.64. The van der Waals surface area contributed by atoms with Crippen molar-refractivity contribution in [2.45, 2.75) is 31.0 Å². The molecule has 0 unspecified atom stereocenters. The first-order chi connectivity index (χ1) is 12.0. The number of rotatable bonds is 5. The van der Waals surface area contributed by atoms with Crippen molar-refractivity contribution in [2.75, 3.05) is 4.72 Å². The number of nitrogens with one attached hydrogen (secondary N) is 2. The third-order valence-electron chi connectivity index (χ3n) is 3.32. The molecule has 26 heavy (non-hydrogen) atoms. The Hall–Kier alpha value is -2.55. The second kappa shape index (κ2) is 7.36. The number of amides is 1. The minimum absolute atomic E-state index is 0.0913. The van der Waals surface area contributed by atoms with E-state index in [1.165, 1.54) is 24.3 Å². The van der Waals surface area contributed by atoms with Crippen molar-refractivity contribution in [1.29, 1.82) is 0 Å². The van der Waals surface area contributed by atoms with Gasteiger partial charge in [0.1, 0.15) is 0 Å². The lowest BCUT2D eigenvalue weighted by molar-refractivity contribution is -0.136. The third kappa shape index (κ3) is 4.75. The van der Waals surface area contributed by atoms with Gasteiger partial charge < -0.3 is 5.32 Å². The Bertz CT molecular complexity index is 892. The second-order valence-electron chi connectivity index (χ2n) is 5.80. The summed E-state index contributed by atoms with van der Waals surface area (Å²) in [7, 11) is -4.24. The fraction of sp³-hybridized carbons (Fsp3) is 0.235. The summed E-state index contributed by atoms with van der Waals surface area (Å²) in [6.07, 6.45) is -4.70. The Kier molecular flexibility index (Phi) is 5.60. The molecule has 2 aromatic rings. The van der Waals surface area contributed by atoms with E-state index in [0.29, 0.717) is 0 Å². The molecule has 0 saturated carbocycles. The van der Waals surface area contributed by atoms with Crippen molar-refractivity contribution in [3.8, 4) is 0 Å². The molecule has 140 valence electrons. The largest absolute Gasteiger partial charge is 0.418 e. The van der Waals surface area contributed by atoms with Crippen LogP contribution in [0.15, 0.2) is 53.4 Å². The number of sulfonamides is 1. The lowest BCUT2D eigenvalue weighted by Crippen LogP contribution is -2.30. The molecule has 0 bridgehead atoms. The number of anilines is 1. The maximum absolute atomic E-state index is 13.0. The van der Waals surface area contributed by atoms with Gasteiger partial charge in [-0.05, 0) is 50.2 Å². The summed E-state index contributed by atoms with van der Waals surface area (Å²) in [5, 5.41) is 2.65. The average molecular weight is 386 g/mol. The molecule has 0 atom stereocenters. The number of hydrogen-bond acceptors (Lipinski definition) is 3. The molecule has 2 N–H and O–H groups in total. The molecule has 9 heteroatoms. The number of para-hydroxylation sites is 1. The highest BCUT2D eigenvalue weighted by Gasteiger charge is 2.34. The van der Waals surface area contributed by atoms with Crippen LogP contribution in [0.4, 0.5) is 18.9 Å². The van der Waals surface area contributed by atoms with Gasteiger partial charge in [0.2, 0.25) is 0 Å². The van der Waals surface area contributed by atoms with Crippen LogP contribution in [0.3, 0.4) is 0 Å². The van der Waals surface area contributed by atoms with Gasteiger partial charge in [-0.25, -0.2) is 8.42 Å². The normalized spacial score (nSPS) is 12.1. The van der Waals surface area contributed by atoms with Crippen molar-refractivity contribution in [1.82, 2.24) is 5.32 Å². The minimum Gasteiger partial charge on any atom is -0.350 e. The van der Waals surface area contributed by atoms with Crippen LogP contribution in [0.1, 0.15) is 29.8 Å². The molecule has 2 aromatic carbocycles. The first-order valence-corrected chi connectivity index (χ1v) is 9.09. The molecule has 0 aliphatic heterocycles. The van der Waals surface area contributed by atoms with Gasteiger partial charge in [0.05, 0.1) is 16.1 Å². The van der Waals surface area contributed by atoms with Crippen molar-refractivity contribution in [3.05, 3.63) is 59.7 Å². The molecule has 0 aliphatic carbocycles. The van der Waals surface area contributed by atoms with Gasteiger partial charge in [-0.1, -0.05) is 12.1 Å². The minimum atomic E-state index is -4.70. The number of hydrogen-bond donors (Lipinski definition) is 2. The van der Waals surface area contributed by atoms with Gasteiger partial charge >= 0.3 is 6.18 Å². The molecule has 5 nitrogen and oxygen atoms in total. The molecule has 0 radical (unpaired) electrons. The SMILES string of the molecule is CC(C)NC(=O)c1ccc(S(=O)(=O)Nc2ccccc2C(F)(F)F)cc1. The summed E-state index contributed by atoms with van der Waals surface area (Å²) in [5.41, 5.74) is -1.41. The summed E-state index contributed by atoms with van der Waals surface area (Å²) in [4.78, 5) is 11.6. The van der Waals surface area contributed by atoms with Gasteiger partial charge in [-0.3, -0.25) is 9.52 Å². The number of alkyl halides is 3. The maximum atomic E-state index is 13.0. The van der Waals surface area contributed by atoms with E-state index in [2.05, 4.69) is 5.32 Å². The van der Waals surface area contributed by atoms with Crippen LogP contribution in [-0.4, -0.2) is 20.4 Å². The number of carbonyl (C=O) groups is 1. The molecule has 0 aromatic heterocycles. The van der Waals surface area contributed by atoms with Crippen molar-refractivity contribution in [2.24, 2.45) is 0 Å². The molecule has 2 rings (SSSR count). The highest BCUT2D eigenvalue weighted by atomic mass is 32.2. The van der Waals surface area contributed by atoms with Crippen LogP contribution in [0.25, 0.3) is 0 Å². The summed E-state index contributed by atoms with van der Waals surface area (Å²) in [6, 6.07) is 9.11. The van der Waals surface area contributed by atoms with Crippen LogP contribution >= 0.6 is 0 Å². The Balaban J connectivity index is 2.28. The van der Waals surface area contributed by atoms with E-state index in [1.807, 2.05) is 4.72 Å². The van der Waals surface area contributed by atoms with Crippen LogP contribution < -0.4 is 10.0 Å². The van der Waals surface area contributed by atoms with E-state index < -0.39 is 27.5 Å². The van der Waals surface area contributed by atoms with Gasteiger partial charge in [0.15, 0.2) is 0 Å². The summed E-state index contributed by atoms with van der Waals surface area (Å²) in [5.74, 6) is -0.376. The van der Waals surface area contributed by atoms with Crippen LogP contribution in [0.5, 0.6) is 0 Å². The molecular formula is C17H17F3N2O3S. The van der Waals surface area contributed by atoms with Gasteiger partial charge in [0.25, 0.3) is 15.9 Å². The fourth-order valence-corrected chi connectivity index (χ4v) is 3.23. The van der Waals surface area contributed by atoms with Crippen LogP contribution in [-0.2, 0) is 16.2 Å². The van der Waals surface area contributed by atoms with Crippen molar-refractivity contribution in [3.63, 3.8) is 0 Å². The molecular weight excluding hydrogens is 369 g/mol. The third-order valence-corrected chi connectivity index (χ3v) is 4.70. The molecule has 0 aliphatic rings. The molecule has 0 saturated heterocycles. The van der Waals surface area contributed by atoms with Crippen molar-refractivity contribution < 1.29 is 26.4 Å². The Morgan fingerprint density at radius 2 is 1.58 bits per heavy atom. The topological polar surface area (TPSA) is 75.3 Å². The average Bonchev–Trinajstić information content (AvgIpc) is 2.53. The molecule has 0 heterocycles. The Labute approximate surface area is 149 Å². The highest BCUT2D eigenvalue weighted by Crippen LogP contribution is 2.35. The zero-order valence-electron chi connectivity index (χ0n) is 14.0. The summed E-state index contributed by atoms with van der Waals surface area (Å²) >= 11 is 0. The first-order valence-electron chi connectivity index (χ1n) is 7.60. The van der Waals surface area contributed by atoms with E-state index in [9.17, 15) is 26.4 Å². The van der Waals surface area contributed by atoms with Gasteiger partial charge in [0, 0.05) is 11.6 Å². The lowest BCUT2D eigenvalue weighted by Gasteiger charge is -2.15. The maximum Gasteiger partial charge on any atom is 0.418 e. The standard InChI is InChI=1S/C17H17F3N2O3S/c1-11(2)21-16(23)12-7-9-13(10-8-12)26(24,25)22-15-6-4-3-5-14(15)17(18,19)20/h3-11,22H,1-2H3,(H,21,23). The lowest BCUT2D eigenvalue weighted by atomic mass is 10.2. The molecule has 0 fully saturated rings. The number of carbonyl (C=O) groups excluding carboxylic acids is 1. The fourth-order valence-electron chi connectivity index (χ4n) is 2.15. The van der Waals surface area contributed by atoms with Gasteiger partial charge in [-0.2, -0.15) is 13.2 Å². The van der Waals surface area contributed by atoms with E-state index in [-0.39, 0.29) is 22.4 Å². The van der Waals surface area contributed by atoms with Crippen molar-refractivity contribution >= 4 is 21.6 Å². The Morgan fingerprint density at radius 3 is 2.12 bits per heavy atom. The van der Waals surface area contributed by atoms with E-state index in [1.54, 1.807) is 13.8 Å².